The van der Waals surface area contributed by atoms with E-state index in [2.05, 4.69) is 9.71 Å². The van der Waals surface area contributed by atoms with Gasteiger partial charge in [-0.05, 0) is 41.5 Å². The average molecular weight is 326 g/mol. The monoisotopic (exact) mass is 326 g/mol. The van der Waals surface area contributed by atoms with Crippen LogP contribution in [0, 0.1) is 0 Å². The number of hydrogen-bond acceptors (Lipinski definition) is 4. The number of sulfonamides is 1. The largest absolute Gasteiger partial charge is 0.508 e. The molecule has 3 aromatic rings. The van der Waals surface area contributed by atoms with Crippen molar-refractivity contribution in [3.05, 3.63) is 73.1 Å². The first-order chi connectivity index (χ1) is 11.0. The number of aromatic nitrogens is 1. The number of benzene rings is 2. The van der Waals surface area contributed by atoms with Crippen LogP contribution in [-0.4, -0.2) is 18.5 Å². The third kappa shape index (κ3) is 3.49. The Balaban J connectivity index is 1.86. The molecule has 0 spiro atoms. The summed E-state index contributed by atoms with van der Waals surface area (Å²) in [6.07, 6.45) is 3.40. The van der Waals surface area contributed by atoms with Gasteiger partial charge >= 0.3 is 0 Å². The summed E-state index contributed by atoms with van der Waals surface area (Å²) in [4.78, 5) is 4.19. The van der Waals surface area contributed by atoms with Crippen LogP contribution >= 0.6 is 0 Å². The SMILES string of the molecule is O=S(=O)(Nc1cccc(O)c1)c1ccc(-c2cccnc2)cc1. The van der Waals surface area contributed by atoms with E-state index in [4.69, 9.17) is 0 Å². The van der Waals surface area contributed by atoms with Crippen molar-refractivity contribution in [3.63, 3.8) is 0 Å². The summed E-state index contributed by atoms with van der Waals surface area (Å²) in [5.41, 5.74) is 2.10. The number of anilines is 1. The lowest BCUT2D eigenvalue weighted by Crippen LogP contribution is -2.12. The van der Waals surface area contributed by atoms with Crippen molar-refractivity contribution in [1.82, 2.24) is 4.98 Å². The second-order valence-electron chi connectivity index (χ2n) is 4.92. The molecule has 0 radical (unpaired) electrons. The fourth-order valence-electron chi connectivity index (χ4n) is 2.14. The Morgan fingerprint density at radius 2 is 1.70 bits per heavy atom. The van der Waals surface area contributed by atoms with Crippen LogP contribution < -0.4 is 4.72 Å². The fourth-order valence-corrected chi connectivity index (χ4v) is 3.19. The number of rotatable bonds is 4. The maximum atomic E-state index is 12.4. The van der Waals surface area contributed by atoms with Crippen molar-refractivity contribution in [2.75, 3.05) is 4.72 Å². The highest BCUT2D eigenvalue weighted by Crippen LogP contribution is 2.23. The minimum atomic E-state index is -3.71. The molecule has 5 nitrogen and oxygen atoms in total. The molecule has 2 N–H and O–H groups in total. The molecule has 6 heteroatoms. The van der Waals surface area contributed by atoms with Crippen LogP contribution in [0.5, 0.6) is 5.75 Å². The number of pyridine rings is 1. The summed E-state index contributed by atoms with van der Waals surface area (Å²) in [6, 6.07) is 16.2. The van der Waals surface area contributed by atoms with E-state index in [0.717, 1.165) is 11.1 Å². The zero-order chi connectivity index (χ0) is 16.3. The highest BCUT2D eigenvalue weighted by atomic mass is 32.2. The van der Waals surface area contributed by atoms with Crippen LogP contribution in [0.3, 0.4) is 0 Å². The Morgan fingerprint density at radius 3 is 2.35 bits per heavy atom. The van der Waals surface area contributed by atoms with Crippen LogP contribution in [0.1, 0.15) is 0 Å². The molecular formula is C17H14N2O3S. The number of phenolic OH excluding ortho intramolecular Hbond substituents is 1. The molecule has 2 aromatic carbocycles. The average Bonchev–Trinajstić information content (AvgIpc) is 2.55. The summed E-state index contributed by atoms with van der Waals surface area (Å²) in [6.45, 7) is 0. The van der Waals surface area contributed by atoms with E-state index >= 15 is 0 Å². The zero-order valence-electron chi connectivity index (χ0n) is 12.0. The molecular weight excluding hydrogens is 312 g/mol. The second kappa shape index (κ2) is 6.10. The van der Waals surface area contributed by atoms with Crippen LogP contribution in [-0.2, 0) is 10.0 Å². The molecule has 0 saturated carbocycles. The van der Waals surface area contributed by atoms with Gasteiger partial charge in [0.2, 0.25) is 0 Å². The molecule has 0 bridgehead atoms. The molecule has 0 atom stereocenters. The number of phenols is 1. The lowest BCUT2D eigenvalue weighted by Gasteiger charge is -2.09. The summed E-state index contributed by atoms with van der Waals surface area (Å²) in [5, 5.41) is 9.40. The van der Waals surface area contributed by atoms with Gasteiger partial charge in [0.1, 0.15) is 5.75 Å². The molecule has 23 heavy (non-hydrogen) atoms. The Morgan fingerprint density at radius 1 is 0.913 bits per heavy atom. The molecule has 0 aliphatic rings. The summed E-state index contributed by atoms with van der Waals surface area (Å²) >= 11 is 0. The van der Waals surface area contributed by atoms with Crippen molar-refractivity contribution in [1.29, 1.82) is 0 Å². The van der Waals surface area contributed by atoms with E-state index in [-0.39, 0.29) is 10.6 Å². The normalized spacial score (nSPS) is 11.1. The molecule has 116 valence electrons. The van der Waals surface area contributed by atoms with Crippen molar-refractivity contribution >= 4 is 15.7 Å². The fraction of sp³-hybridized carbons (Fsp3) is 0. The van der Waals surface area contributed by atoms with Gasteiger partial charge in [-0.3, -0.25) is 9.71 Å². The number of hydrogen-bond donors (Lipinski definition) is 2. The Labute approximate surface area is 134 Å². The van der Waals surface area contributed by atoms with Gasteiger partial charge in [0.05, 0.1) is 10.6 Å². The predicted molar refractivity (Wildman–Crippen MR) is 88.6 cm³/mol. The first kappa shape index (κ1) is 15.1. The summed E-state index contributed by atoms with van der Waals surface area (Å²) in [7, 11) is -3.71. The van der Waals surface area contributed by atoms with Crippen LogP contribution in [0.15, 0.2) is 78.0 Å². The molecule has 0 fully saturated rings. The number of nitrogens with one attached hydrogen (secondary N) is 1. The quantitative estimate of drug-likeness (QED) is 0.771. The van der Waals surface area contributed by atoms with E-state index in [1.54, 1.807) is 36.7 Å². The Hall–Kier alpha value is -2.86. The summed E-state index contributed by atoms with van der Waals surface area (Å²) < 4.78 is 27.1. The van der Waals surface area contributed by atoms with Gasteiger partial charge < -0.3 is 5.11 Å². The second-order valence-corrected chi connectivity index (χ2v) is 6.60. The third-order valence-corrected chi connectivity index (χ3v) is 4.66. The molecule has 1 aromatic heterocycles. The van der Waals surface area contributed by atoms with Crippen LogP contribution in [0.2, 0.25) is 0 Å². The van der Waals surface area contributed by atoms with Crippen LogP contribution in [0.4, 0.5) is 5.69 Å². The van der Waals surface area contributed by atoms with Gasteiger partial charge in [0.25, 0.3) is 10.0 Å². The maximum absolute atomic E-state index is 12.4. The Kier molecular flexibility index (Phi) is 3.99. The zero-order valence-corrected chi connectivity index (χ0v) is 12.9. The molecule has 0 amide bonds. The van der Waals surface area contributed by atoms with E-state index in [1.165, 1.54) is 24.3 Å². The standard InChI is InChI=1S/C17H14N2O3S/c20-16-5-1-4-15(11-16)19-23(21,22)17-8-6-13(7-9-17)14-3-2-10-18-12-14/h1-12,19-20H. The van der Waals surface area contributed by atoms with Gasteiger partial charge in [-0.2, -0.15) is 0 Å². The van der Waals surface area contributed by atoms with Crippen LogP contribution in [0.25, 0.3) is 11.1 Å². The van der Waals surface area contributed by atoms with Gasteiger partial charge in [-0.1, -0.05) is 24.3 Å². The van der Waals surface area contributed by atoms with Gasteiger partial charge in [0, 0.05) is 18.5 Å². The molecule has 0 unspecified atom stereocenters. The van der Waals surface area contributed by atoms with Gasteiger partial charge in [0.15, 0.2) is 0 Å². The summed E-state index contributed by atoms with van der Waals surface area (Å²) in [5.74, 6) is -0.00266. The Bertz CT molecular complexity index is 908. The van der Waals surface area contributed by atoms with E-state index in [1.807, 2.05) is 12.1 Å². The lowest BCUT2D eigenvalue weighted by atomic mass is 10.1. The minimum absolute atomic E-state index is 0.00266. The minimum Gasteiger partial charge on any atom is -0.508 e. The van der Waals surface area contributed by atoms with Crippen molar-refractivity contribution in [2.24, 2.45) is 0 Å². The molecule has 0 aliphatic heterocycles. The predicted octanol–water partition coefficient (Wildman–Crippen LogP) is 3.26. The first-order valence-corrected chi connectivity index (χ1v) is 8.35. The van der Waals surface area contributed by atoms with Gasteiger partial charge in [-0.15, -0.1) is 0 Å². The topological polar surface area (TPSA) is 79.3 Å². The highest BCUT2D eigenvalue weighted by Gasteiger charge is 2.14. The maximum Gasteiger partial charge on any atom is 0.261 e. The smallest absolute Gasteiger partial charge is 0.261 e. The third-order valence-electron chi connectivity index (χ3n) is 3.26. The lowest BCUT2D eigenvalue weighted by molar-refractivity contribution is 0.475. The van der Waals surface area contributed by atoms with E-state index in [9.17, 15) is 13.5 Å². The molecule has 3 rings (SSSR count). The van der Waals surface area contributed by atoms with Crippen molar-refractivity contribution in [3.8, 4) is 16.9 Å². The molecule has 1 heterocycles. The number of nitrogens with zero attached hydrogens (tertiary/aromatic N) is 1. The van der Waals surface area contributed by atoms with Gasteiger partial charge in [-0.25, -0.2) is 8.42 Å². The highest BCUT2D eigenvalue weighted by molar-refractivity contribution is 7.92. The number of aromatic hydroxyl groups is 1. The van der Waals surface area contributed by atoms with Crippen molar-refractivity contribution < 1.29 is 13.5 Å². The van der Waals surface area contributed by atoms with Crippen molar-refractivity contribution in [2.45, 2.75) is 4.90 Å². The molecule has 0 saturated heterocycles. The molecule has 0 aliphatic carbocycles. The van der Waals surface area contributed by atoms with E-state index in [0.29, 0.717) is 5.69 Å². The first-order valence-electron chi connectivity index (χ1n) is 6.87. The van der Waals surface area contributed by atoms with E-state index < -0.39 is 10.0 Å².